The molecule has 8 rings (SSSR count). The summed E-state index contributed by atoms with van der Waals surface area (Å²) in [7, 11) is 2.58. The average Bonchev–Trinajstić information content (AvgIpc) is 3.87. The number of fused-ring (bicyclic) bond motifs is 2. The lowest BCUT2D eigenvalue weighted by Gasteiger charge is -2.31. The molecule has 0 radical (unpaired) electrons. The van der Waals surface area contributed by atoms with Gasteiger partial charge in [-0.2, -0.15) is 0 Å². The van der Waals surface area contributed by atoms with Crippen molar-refractivity contribution >= 4 is 35.6 Å². The number of methoxy groups -OCH3 is 2. The Labute approximate surface area is 348 Å². The van der Waals surface area contributed by atoms with Gasteiger partial charge in [0, 0.05) is 28.8 Å². The molecule has 8 atom stereocenters. The molecule has 0 unspecified atom stereocenters. The molecule has 4 fully saturated rings. The number of H-pyrrole nitrogens is 2. The second kappa shape index (κ2) is 16.1. The van der Waals surface area contributed by atoms with Crippen molar-refractivity contribution in [2.75, 3.05) is 14.2 Å². The molecule has 2 aromatic carbocycles. The number of alkyl carbamates (subject to hydrolysis) is 2. The second-order valence-electron chi connectivity index (χ2n) is 16.7. The lowest BCUT2D eigenvalue weighted by atomic mass is 10.0. The first-order chi connectivity index (χ1) is 28.3. The number of piperidine rings is 2. The minimum absolute atomic E-state index is 0.105. The Morgan fingerprint density at radius 3 is 1.66 bits per heavy atom. The highest BCUT2D eigenvalue weighted by molar-refractivity contribution is 6.31. The zero-order valence-corrected chi connectivity index (χ0v) is 34.7. The van der Waals surface area contributed by atoms with Crippen molar-refractivity contribution in [3.8, 4) is 34.4 Å². The normalized spacial score (nSPS) is 23.5. The number of amides is 4. The molecule has 308 valence electrons. The van der Waals surface area contributed by atoms with Crippen LogP contribution in [0.2, 0.25) is 5.15 Å². The molecule has 2 aromatic heterocycles. The molecule has 4 aromatic rings. The number of benzene rings is 2. The minimum atomic E-state index is -0.715. The van der Waals surface area contributed by atoms with Gasteiger partial charge in [0.25, 0.3) is 0 Å². The van der Waals surface area contributed by atoms with Crippen LogP contribution in [0.4, 0.5) is 9.59 Å². The van der Waals surface area contributed by atoms with E-state index in [0.29, 0.717) is 28.5 Å². The molecule has 2 saturated carbocycles. The number of carbonyl (C=O) groups is 4. The highest BCUT2D eigenvalue weighted by atomic mass is 35.5. The molecule has 59 heavy (non-hydrogen) atoms. The van der Waals surface area contributed by atoms with E-state index in [1.807, 2.05) is 86.0 Å². The van der Waals surface area contributed by atoms with E-state index in [0.717, 1.165) is 59.5 Å². The van der Waals surface area contributed by atoms with Gasteiger partial charge in [0.2, 0.25) is 11.8 Å². The van der Waals surface area contributed by atoms with Gasteiger partial charge in [-0.3, -0.25) is 9.59 Å². The summed E-state index contributed by atoms with van der Waals surface area (Å²) < 4.78 is 9.57. The van der Waals surface area contributed by atoms with Crippen LogP contribution in [0.15, 0.2) is 54.7 Å². The lowest BCUT2D eigenvalue weighted by Crippen LogP contribution is -2.52. The number of nitrogens with zero attached hydrogens (tertiary/aromatic N) is 4. The fourth-order valence-electron chi connectivity index (χ4n) is 8.71. The van der Waals surface area contributed by atoms with Crippen LogP contribution in [0.3, 0.4) is 0 Å². The zero-order valence-electron chi connectivity index (χ0n) is 33.9. The van der Waals surface area contributed by atoms with Crippen LogP contribution in [0.1, 0.15) is 88.2 Å². The van der Waals surface area contributed by atoms with Crippen molar-refractivity contribution in [1.29, 1.82) is 0 Å². The third-order valence-electron chi connectivity index (χ3n) is 12.1. The minimum Gasteiger partial charge on any atom is -0.453 e. The fraction of sp³-hybridized carbons (Fsp3) is 0.455. The Morgan fingerprint density at radius 2 is 1.19 bits per heavy atom. The molecular weight excluding hydrogens is 772 g/mol. The van der Waals surface area contributed by atoms with E-state index >= 15 is 0 Å². The number of hydrogen-bond donors (Lipinski definition) is 4. The summed E-state index contributed by atoms with van der Waals surface area (Å²) in [5, 5.41) is 5.83. The van der Waals surface area contributed by atoms with Gasteiger partial charge in [0.1, 0.15) is 34.6 Å². The molecular formula is C44H49ClN8O6. The first-order valence-electron chi connectivity index (χ1n) is 20.2. The van der Waals surface area contributed by atoms with Crippen molar-refractivity contribution < 1.29 is 28.7 Å². The first kappa shape index (κ1) is 40.0. The molecule has 2 saturated heterocycles. The molecule has 4 N–H and O–H groups in total. The average molecular weight is 821 g/mol. The van der Waals surface area contributed by atoms with Crippen molar-refractivity contribution in [3.05, 3.63) is 82.7 Å². The van der Waals surface area contributed by atoms with E-state index in [1.54, 1.807) is 6.20 Å². The Balaban J connectivity index is 0.917. The number of carbonyl (C=O) groups excluding carboxylic acids is 4. The molecule has 15 heteroatoms. The summed E-state index contributed by atoms with van der Waals surface area (Å²) in [6, 6.07) is 14.0. The maximum Gasteiger partial charge on any atom is 0.407 e. The van der Waals surface area contributed by atoms with E-state index in [9.17, 15) is 19.2 Å². The summed E-state index contributed by atoms with van der Waals surface area (Å²) in [4.78, 5) is 71.7. The van der Waals surface area contributed by atoms with Crippen LogP contribution < -0.4 is 10.6 Å². The Morgan fingerprint density at radius 1 is 0.712 bits per heavy atom. The third-order valence-corrected chi connectivity index (χ3v) is 12.4. The first-order valence-corrected chi connectivity index (χ1v) is 20.6. The summed E-state index contributed by atoms with van der Waals surface area (Å²) in [6.07, 6.45) is 4.06. The molecule has 2 aliphatic carbocycles. The van der Waals surface area contributed by atoms with Gasteiger partial charge in [-0.15, -0.1) is 0 Å². The number of nitrogens with one attached hydrogen (secondary N) is 4. The number of halogens is 1. The molecule has 4 heterocycles. The summed E-state index contributed by atoms with van der Waals surface area (Å²) in [5.41, 5.74) is 4.87. The lowest BCUT2D eigenvalue weighted by molar-refractivity contribution is -0.137. The van der Waals surface area contributed by atoms with Crippen LogP contribution in [-0.4, -0.2) is 92.1 Å². The summed E-state index contributed by atoms with van der Waals surface area (Å²) in [6.45, 7) is 7.62. The van der Waals surface area contributed by atoms with Crippen LogP contribution in [-0.2, 0) is 19.1 Å². The number of rotatable bonds is 10. The van der Waals surface area contributed by atoms with Crippen molar-refractivity contribution in [2.45, 2.75) is 89.6 Å². The molecule has 0 bridgehead atoms. The predicted molar refractivity (Wildman–Crippen MR) is 220 cm³/mol. The van der Waals surface area contributed by atoms with Gasteiger partial charge in [0.05, 0.1) is 38.2 Å². The smallest absolute Gasteiger partial charge is 0.407 e. The number of likely N-dealkylation sites (tertiary alicyclic amines) is 2. The van der Waals surface area contributed by atoms with Crippen molar-refractivity contribution in [2.24, 2.45) is 23.7 Å². The molecule has 4 amide bonds. The standard InChI is InChI=1S/C44H49ClN8O6/c1-22(2)35(49-43(56)58-5)41(54)52-31-17-28(31)19-33(52)39-46-21-30(47-39)26-13-9-24(10-14-26)7-8-25-11-15-27(16-12-25)37-38(45)51-40(48-37)34-20-29-18-32(29)53(34)42(55)36(23(3)4)50-44(57)59-6/h9-16,21-23,28-29,31-36H,17-20H2,1-6H3,(H,46,47)(H,48,51)(H,49,56)(H,50,57)/t28-,29-,31-,32-,33+,34+,35+,36+/m1/s1. The van der Waals surface area contributed by atoms with Crippen molar-refractivity contribution in [1.82, 2.24) is 40.4 Å². The fourth-order valence-corrected chi connectivity index (χ4v) is 8.96. The Kier molecular flexibility index (Phi) is 10.9. The van der Waals surface area contributed by atoms with Gasteiger partial charge in [-0.05, 0) is 79.2 Å². The predicted octanol–water partition coefficient (Wildman–Crippen LogP) is 6.61. The largest absolute Gasteiger partial charge is 0.453 e. The van der Waals surface area contributed by atoms with Crippen LogP contribution >= 0.6 is 11.6 Å². The van der Waals surface area contributed by atoms with Crippen LogP contribution in [0.25, 0.3) is 22.5 Å². The topological polar surface area (TPSA) is 175 Å². The van der Waals surface area contributed by atoms with Crippen LogP contribution in [0, 0.1) is 35.5 Å². The van der Waals surface area contributed by atoms with Gasteiger partial charge < -0.3 is 39.9 Å². The number of aromatic amines is 2. The maximum absolute atomic E-state index is 13.8. The SMILES string of the molecule is COC(=O)N[C@H](C(=O)N1[C@@H]2C[C@@H]2C[C@H]1c1ncc(-c2ccc(C#Cc3ccc(-c4nc([C@@H]5C[C@H]6C[C@H]6N5C(=O)[C@@H](NC(=O)OC)C(C)C)[nH]c4Cl)cc3)cc2)[nH]1)C(C)C. The highest BCUT2D eigenvalue weighted by Crippen LogP contribution is 2.54. The molecule has 4 aliphatic rings. The third kappa shape index (κ3) is 8.00. The molecule has 2 aliphatic heterocycles. The molecule has 14 nitrogen and oxygen atoms in total. The Bertz CT molecular complexity index is 2310. The number of imidazole rings is 2. The van der Waals surface area contributed by atoms with Gasteiger partial charge >= 0.3 is 12.2 Å². The van der Waals surface area contributed by atoms with E-state index in [2.05, 4.69) is 32.4 Å². The maximum atomic E-state index is 13.8. The number of ether oxygens (including phenoxy) is 2. The van der Waals surface area contributed by atoms with Gasteiger partial charge in [-0.25, -0.2) is 19.6 Å². The zero-order chi connectivity index (χ0) is 41.7. The Hall–Kier alpha value is -5.81. The molecule has 0 spiro atoms. The van der Waals surface area contributed by atoms with Gasteiger partial charge in [-0.1, -0.05) is 75.4 Å². The van der Waals surface area contributed by atoms with E-state index in [4.69, 9.17) is 31.0 Å². The second-order valence-corrected chi connectivity index (χ2v) is 17.1. The van der Waals surface area contributed by atoms with E-state index in [-0.39, 0.29) is 47.8 Å². The van der Waals surface area contributed by atoms with E-state index in [1.165, 1.54) is 14.2 Å². The summed E-state index contributed by atoms with van der Waals surface area (Å²) in [5.74, 6) is 8.19. The van der Waals surface area contributed by atoms with Crippen LogP contribution in [0.5, 0.6) is 0 Å². The summed E-state index contributed by atoms with van der Waals surface area (Å²) >= 11 is 6.71. The number of aromatic nitrogens is 4. The van der Waals surface area contributed by atoms with E-state index < -0.39 is 24.3 Å². The quantitative estimate of drug-likeness (QED) is 0.129. The van der Waals surface area contributed by atoms with Crippen molar-refractivity contribution in [3.63, 3.8) is 0 Å². The van der Waals surface area contributed by atoms with Gasteiger partial charge in [0.15, 0.2) is 0 Å². The number of hydrogen-bond acceptors (Lipinski definition) is 8. The monoisotopic (exact) mass is 820 g/mol. The highest BCUT2D eigenvalue weighted by Gasteiger charge is 2.57.